The molecule has 0 aliphatic carbocycles. The van der Waals surface area contributed by atoms with Gasteiger partial charge in [-0.1, -0.05) is 30.3 Å². The number of phenolic OH excluding ortho intramolecular Hbond substituents is 3. The van der Waals surface area contributed by atoms with Crippen molar-refractivity contribution in [2.45, 2.75) is 25.0 Å². The highest BCUT2D eigenvalue weighted by molar-refractivity contribution is 5.91. The summed E-state index contributed by atoms with van der Waals surface area (Å²) in [6.07, 6.45) is 2.20. The Morgan fingerprint density at radius 1 is 0.756 bits per heavy atom. The van der Waals surface area contributed by atoms with E-state index in [0.29, 0.717) is 54.3 Å². The number of phenols is 3. The van der Waals surface area contributed by atoms with E-state index in [1.807, 2.05) is 0 Å². The smallest absolute Gasteiger partial charge is 0.265 e. The number of rotatable bonds is 11. The fourth-order valence-corrected chi connectivity index (χ4v) is 4.85. The molecule has 1 heterocycles. The Bertz CT molecular complexity index is 1670. The third-order valence-electron chi connectivity index (χ3n) is 7.21. The van der Waals surface area contributed by atoms with Crippen LogP contribution in [0.25, 0.3) is 6.08 Å². The van der Waals surface area contributed by atoms with E-state index in [1.54, 1.807) is 78.9 Å². The van der Waals surface area contributed by atoms with E-state index in [2.05, 4.69) is 10.6 Å². The van der Waals surface area contributed by atoms with Gasteiger partial charge in [-0.05, 0) is 84.1 Å². The number of hydrogen-bond acceptors (Lipinski definition) is 8. The van der Waals surface area contributed by atoms with Crippen molar-refractivity contribution in [3.63, 3.8) is 0 Å². The molecule has 4 aromatic rings. The summed E-state index contributed by atoms with van der Waals surface area (Å²) in [6, 6.07) is 23.3. The van der Waals surface area contributed by atoms with Crippen molar-refractivity contribution in [2.75, 3.05) is 20.2 Å². The van der Waals surface area contributed by atoms with Gasteiger partial charge >= 0.3 is 0 Å². The van der Waals surface area contributed by atoms with Crippen LogP contribution in [0.3, 0.4) is 0 Å². The number of amides is 2. The monoisotopic (exact) mass is 610 g/mol. The van der Waals surface area contributed by atoms with Crippen LogP contribution in [0.4, 0.5) is 0 Å². The number of nitrogens with one attached hydrogen (secondary N) is 2. The van der Waals surface area contributed by atoms with Gasteiger partial charge in [0.2, 0.25) is 12.0 Å². The number of carbonyl (C=O) groups excluding carboxylic acids is 2. The predicted octanol–water partition coefficient (Wildman–Crippen LogP) is 4.42. The predicted molar refractivity (Wildman–Crippen MR) is 168 cm³/mol. The molecule has 1 aliphatic heterocycles. The molecule has 45 heavy (non-hydrogen) atoms. The molecule has 2 amide bonds. The van der Waals surface area contributed by atoms with Gasteiger partial charge in [-0.15, -0.1) is 0 Å². The van der Waals surface area contributed by atoms with E-state index in [9.17, 15) is 24.9 Å². The fraction of sp³-hybridized carbons (Fsp3) is 0.200. The molecular formula is C35H34N2O8. The van der Waals surface area contributed by atoms with Gasteiger partial charge < -0.3 is 40.2 Å². The Balaban J connectivity index is 1.28. The molecule has 5 rings (SSSR count). The van der Waals surface area contributed by atoms with E-state index in [-0.39, 0.29) is 23.2 Å². The Kier molecular flexibility index (Phi) is 9.74. The summed E-state index contributed by atoms with van der Waals surface area (Å²) in [5.74, 6) is 0.739. The number of aromatic hydroxyl groups is 3. The second kappa shape index (κ2) is 14.2. The zero-order valence-electron chi connectivity index (χ0n) is 24.6. The molecule has 10 heteroatoms. The zero-order valence-corrected chi connectivity index (χ0v) is 24.6. The zero-order chi connectivity index (χ0) is 31.8. The maximum Gasteiger partial charge on any atom is 0.265 e. The Morgan fingerprint density at radius 2 is 1.40 bits per heavy atom. The molecule has 0 fully saturated rings. The number of fused-ring (bicyclic) bond motifs is 1. The largest absolute Gasteiger partial charge is 0.508 e. The lowest BCUT2D eigenvalue weighted by molar-refractivity contribution is -0.134. The summed E-state index contributed by atoms with van der Waals surface area (Å²) in [4.78, 5) is 25.9. The first-order chi connectivity index (χ1) is 21.8. The first-order valence-electron chi connectivity index (χ1n) is 14.4. The van der Waals surface area contributed by atoms with Crippen molar-refractivity contribution < 1.29 is 39.1 Å². The number of ether oxygens (including phenoxy) is 3. The highest BCUT2D eigenvalue weighted by Crippen LogP contribution is 2.41. The Hall–Kier alpha value is -5.64. The van der Waals surface area contributed by atoms with Crippen LogP contribution in [0, 0.1) is 0 Å². The summed E-state index contributed by atoms with van der Waals surface area (Å²) in [7, 11) is 1.48. The van der Waals surface area contributed by atoms with Gasteiger partial charge in [0.1, 0.15) is 23.0 Å². The minimum Gasteiger partial charge on any atom is -0.508 e. The number of hydrogen-bond donors (Lipinski definition) is 5. The van der Waals surface area contributed by atoms with Crippen LogP contribution < -0.4 is 24.8 Å². The first kappa shape index (κ1) is 30.8. The second-order valence-corrected chi connectivity index (χ2v) is 10.5. The fourth-order valence-electron chi connectivity index (χ4n) is 4.85. The molecule has 0 saturated carbocycles. The molecule has 0 saturated heterocycles. The van der Waals surface area contributed by atoms with Crippen LogP contribution in [0.5, 0.6) is 34.5 Å². The van der Waals surface area contributed by atoms with E-state index < -0.39 is 18.1 Å². The first-order valence-corrected chi connectivity index (χ1v) is 14.4. The Labute approximate surface area is 260 Å². The molecule has 0 aromatic heterocycles. The lowest BCUT2D eigenvalue weighted by atomic mass is 10.0. The molecule has 4 aromatic carbocycles. The van der Waals surface area contributed by atoms with Crippen LogP contribution in [0.15, 0.2) is 91.0 Å². The quantitative estimate of drug-likeness (QED) is 0.157. The standard InChI is InChI=1S/C35H34N2O8/c1-43-29-20-25(19-28(40)21-29)33-34(35(42)37-17-15-23-4-10-27(39)11-5-23)45-31-18-24(6-12-30(31)44-33)7-13-32(41)36-16-14-22-2-8-26(38)9-3-22/h2-13,18-21,33-34,38-40H,14-17H2,1H3,(H,36,41)(H,37,42)/b13-7+/t33-,34+/m1/s1. The topological polar surface area (TPSA) is 147 Å². The van der Waals surface area contributed by atoms with Crippen molar-refractivity contribution in [1.82, 2.24) is 10.6 Å². The van der Waals surface area contributed by atoms with Crippen molar-refractivity contribution in [3.8, 4) is 34.5 Å². The maximum absolute atomic E-state index is 13.5. The highest BCUT2D eigenvalue weighted by atomic mass is 16.6. The Morgan fingerprint density at radius 3 is 2.04 bits per heavy atom. The van der Waals surface area contributed by atoms with Crippen molar-refractivity contribution >= 4 is 17.9 Å². The SMILES string of the molecule is COc1cc(O)cc([C@H]2Oc3ccc(/C=C/C(=O)NCCc4ccc(O)cc4)cc3O[C@@H]2C(=O)NCCc2ccc(O)cc2)c1. The van der Waals surface area contributed by atoms with E-state index in [0.717, 1.165) is 11.1 Å². The van der Waals surface area contributed by atoms with Gasteiger partial charge in [-0.3, -0.25) is 9.59 Å². The molecular weight excluding hydrogens is 576 g/mol. The highest BCUT2D eigenvalue weighted by Gasteiger charge is 2.38. The summed E-state index contributed by atoms with van der Waals surface area (Å²) < 4.78 is 17.8. The second-order valence-electron chi connectivity index (χ2n) is 10.5. The molecule has 0 radical (unpaired) electrons. The summed E-state index contributed by atoms with van der Waals surface area (Å²) in [5, 5.41) is 34.9. The molecule has 2 atom stereocenters. The van der Waals surface area contributed by atoms with Crippen molar-refractivity contribution in [3.05, 3.63) is 113 Å². The van der Waals surface area contributed by atoms with Crippen LogP contribution >= 0.6 is 0 Å². The molecule has 0 bridgehead atoms. The normalized spacial score (nSPS) is 15.4. The van der Waals surface area contributed by atoms with Crippen LogP contribution in [-0.2, 0) is 22.4 Å². The average Bonchev–Trinajstić information content (AvgIpc) is 3.04. The lowest BCUT2D eigenvalue weighted by Gasteiger charge is -2.33. The van der Waals surface area contributed by atoms with Gasteiger partial charge in [-0.2, -0.15) is 0 Å². The van der Waals surface area contributed by atoms with Crippen molar-refractivity contribution in [2.24, 2.45) is 0 Å². The van der Waals surface area contributed by atoms with Gasteiger partial charge in [0, 0.05) is 30.8 Å². The minimum absolute atomic E-state index is 0.0490. The molecule has 1 aliphatic rings. The summed E-state index contributed by atoms with van der Waals surface area (Å²) >= 11 is 0. The molecule has 0 spiro atoms. The average molecular weight is 611 g/mol. The van der Waals surface area contributed by atoms with E-state index in [4.69, 9.17) is 14.2 Å². The van der Waals surface area contributed by atoms with Crippen molar-refractivity contribution in [1.29, 1.82) is 0 Å². The summed E-state index contributed by atoms with van der Waals surface area (Å²) in [6.45, 7) is 0.747. The number of methoxy groups -OCH3 is 1. The third-order valence-corrected chi connectivity index (χ3v) is 7.21. The van der Waals surface area contributed by atoms with Crippen LogP contribution in [0.1, 0.15) is 28.4 Å². The lowest BCUT2D eigenvalue weighted by Crippen LogP contribution is -2.46. The third kappa shape index (κ3) is 8.26. The molecule has 0 unspecified atom stereocenters. The molecule has 5 N–H and O–H groups in total. The minimum atomic E-state index is -1.11. The van der Waals surface area contributed by atoms with Crippen LogP contribution in [0.2, 0.25) is 0 Å². The molecule has 10 nitrogen and oxygen atoms in total. The molecule has 232 valence electrons. The number of benzene rings is 4. The number of carbonyl (C=O) groups is 2. The van der Waals surface area contributed by atoms with Gasteiger partial charge in [-0.25, -0.2) is 0 Å². The summed E-state index contributed by atoms with van der Waals surface area (Å²) in [5.41, 5.74) is 3.08. The maximum atomic E-state index is 13.5. The van der Waals surface area contributed by atoms with Crippen LogP contribution in [-0.4, -0.2) is 53.4 Å². The van der Waals surface area contributed by atoms with Gasteiger partial charge in [0.25, 0.3) is 5.91 Å². The van der Waals surface area contributed by atoms with E-state index >= 15 is 0 Å². The van der Waals surface area contributed by atoms with Gasteiger partial charge in [0.05, 0.1) is 7.11 Å². The van der Waals surface area contributed by atoms with Gasteiger partial charge in [0.15, 0.2) is 17.6 Å². The van der Waals surface area contributed by atoms with E-state index in [1.165, 1.54) is 25.3 Å².